The number of aryl methyl sites for hydroxylation is 2. The van der Waals surface area contributed by atoms with Gasteiger partial charge in [-0.3, -0.25) is 5.32 Å². The number of benzene rings is 1. The monoisotopic (exact) mass is 662 g/mol. The van der Waals surface area contributed by atoms with Gasteiger partial charge in [0.25, 0.3) is 0 Å². The van der Waals surface area contributed by atoms with Crippen LogP contribution in [0.4, 0.5) is 42.5 Å². The molecule has 0 spiro atoms. The molecule has 0 unspecified atom stereocenters. The first kappa shape index (κ1) is 37.5. The van der Waals surface area contributed by atoms with Gasteiger partial charge in [0.15, 0.2) is 45.6 Å². The number of unbranched alkanes of at least 4 members (excludes halogenated alkanes) is 3. The molecule has 0 saturated carbocycles. The SMILES string of the molecule is CCCCCCc1ccc[n+](CCOC(=O)Nc2ccc(C)c(N=C=O)c2)c1.O=S(=O)([N-]S(=O)(=O)C(F)(F)F)C(F)(F)F. The number of nitrogens with one attached hydrogen (secondary N) is 1. The molecule has 0 bridgehead atoms. The first-order valence-corrected chi connectivity index (χ1v) is 15.2. The molecule has 0 aliphatic rings. The average molecular weight is 663 g/mol. The third kappa shape index (κ3) is 13.1. The summed E-state index contributed by atoms with van der Waals surface area (Å²) in [6, 6.07) is 9.27. The average Bonchev–Trinajstić information content (AvgIpc) is 2.87. The van der Waals surface area contributed by atoms with Crippen molar-refractivity contribution in [3.8, 4) is 0 Å². The summed E-state index contributed by atoms with van der Waals surface area (Å²) >= 11 is 0. The van der Waals surface area contributed by atoms with Crippen molar-refractivity contribution >= 4 is 43.6 Å². The van der Waals surface area contributed by atoms with Gasteiger partial charge in [0.1, 0.15) is 0 Å². The number of ether oxygens (including phenoxy) is 1. The third-order valence-electron chi connectivity index (χ3n) is 5.22. The number of aromatic nitrogens is 1. The highest BCUT2D eigenvalue weighted by molar-refractivity contribution is 8.13. The van der Waals surface area contributed by atoms with Crippen LogP contribution in [0.1, 0.15) is 43.7 Å². The maximum absolute atomic E-state index is 12.0. The normalized spacial score (nSPS) is 12.0. The lowest BCUT2D eigenvalue weighted by atomic mass is 10.1. The highest BCUT2D eigenvalue weighted by atomic mass is 32.3. The zero-order valence-electron chi connectivity index (χ0n) is 22.8. The smallest absolute Gasteiger partial charge is 0.443 e. The quantitative estimate of drug-likeness (QED) is 0.101. The molecule has 0 saturated heterocycles. The van der Waals surface area contributed by atoms with Gasteiger partial charge in [-0.05, 0) is 43.5 Å². The number of hydrogen-bond acceptors (Lipinski definition) is 8. The lowest BCUT2D eigenvalue weighted by Crippen LogP contribution is -2.36. The largest absolute Gasteiger partial charge is 0.480 e. The Balaban J connectivity index is 0.000000523. The van der Waals surface area contributed by atoms with E-state index in [0.717, 1.165) is 16.1 Å². The van der Waals surface area contributed by atoms with E-state index in [0.29, 0.717) is 17.9 Å². The number of isocyanates is 1. The van der Waals surface area contributed by atoms with Crippen molar-refractivity contribution in [2.24, 2.45) is 4.99 Å². The van der Waals surface area contributed by atoms with E-state index >= 15 is 0 Å². The van der Waals surface area contributed by atoms with Crippen LogP contribution in [0.3, 0.4) is 0 Å². The molecule has 0 atom stereocenters. The number of rotatable bonds is 12. The van der Waals surface area contributed by atoms with Crippen molar-refractivity contribution in [1.82, 2.24) is 0 Å². The number of anilines is 1. The third-order valence-corrected chi connectivity index (χ3v) is 7.96. The molecule has 0 aliphatic heterocycles. The second kappa shape index (κ2) is 16.3. The number of halogens is 6. The maximum atomic E-state index is 12.0. The Morgan fingerprint density at radius 3 is 2.21 bits per heavy atom. The van der Waals surface area contributed by atoms with E-state index in [-0.39, 0.29) is 6.61 Å². The number of nitrogens with zero attached hydrogens (tertiary/aromatic N) is 3. The summed E-state index contributed by atoms with van der Waals surface area (Å²) in [5, 5.41) is 2.65. The molecule has 1 aromatic heterocycles. The van der Waals surface area contributed by atoms with Crippen LogP contribution in [0, 0.1) is 6.92 Å². The highest BCUT2D eigenvalue weighted by Gasteiger charge is 2.46. The molecule has 43 heavy (non-hydrogen) atoms. The summed E-state index contributed by atoms with van der Waals surface area (Å²) in [6.07, 6.45) is 11.1. The number of alkyl halides is 6. The van der Waals surface area contributed by atoms with Crippen LogP contribution < -0.4 is 9.88 Å². The topological polar surface area (TPSA) is 154 Å². The zero-order chi connectivity index (χ0) is 32.9. The molecule has 1 N–H and O–H groups in total. The van der Waals surface area contributed by atoms with Gasteiger partial charge in [0, 0.05) is 17.3 Å². The van der Waals surface area contributed by atoms with Gasteiger partial charge in [-0.15, -0.1) is 0 Å². The van der Waals surface area contributed by atoms with Crippen molar-refractivity contribution in [3.05, 3.63) is 58.0 Å². The summed E-state index contributed by atoms with van der Waals surface area (Å²) in [4.78, 5) is 26.0. The molecule has 1 aromatic carbocycles. The van der Waals surface area contributed by atoms with Crippen LogP contribution in [0.15, 0.2) is 47.7 Å². The lowest BCUT2D eigenvalue weighted by Gasteiger charge is -2.22. The maximum Gasteiger partial charge on any atom is 0.480 e. The molecule has 0 fully saturated rings. The number of aliphatic imine (C=N–C) groups is 1. The summed E-state index contributed by atoms with van der Waals surface area (Å²) in [7, 11) is -13.4. The Labute approximate surface area is 244 Å². The van der Waals surface area contributed by atoms with E-state index in [1.54, 1.807) is 18.2 Å². The van der Waals surface area contributed by atoms with Crippen LogP contribution in [-0.4, -0.2) is 46.6 Å². The second-order valence-corrected chi connectivity index (χ2v) is 12.1. The van der Waals surface area contributed by atoms with Gasteiger partial charge < -0.3 is 8.86 Å². The number of sulfonamides is 2. The van der Waals surface area contributed by atoms with Gasteiger partial charge in [-0.25, -0.2) is 31.0 Å². The molecule has 1 heterocycles. The van der Waals surface area contributed by atoms with Gasteiger partial charge in [0.05, 0.1) is 5.69 Å². The molecular formula is C24H28F6N4O7S2. The summed E-state index contributed by atoms with van der Waals surface area (Å²) in [5.74, 6) is 0. The second-order valence-electron chi connectivity index (χ2n) is 8.64. The van der Waals surface area contributed by atoms with Crippen molar-refractivity contribution in [3.63, 3.8) is 0 Å². The molecule has 0 radical (unpaired) electrons. The predicted molar refractivity (Wildman–Crippen MR) is 142 cm³/mol. The number of carbonyl (C=O) groups is 1. The minimum absolute atomic E-state index is 0.265. The summed E-state index contributed by atoms with van der Waals surface area (Å²) in [5.41, 5.74) is -9.29. The Hall–Kier alpha value is -3.54. The van der Waals surface area contributed by atoms with E-state index in [2.05, 4.69) is 29.5 Å². The molecule has 240 valence electrons. The minimum atomic E-state index is -6.72. The zero-order valence-corrected chi connectivity index (χ0v) is 24.4. The van der Waals surface area contributed by atoms with Gasteiger partial charge in [-0.1, -0.05) is 32.3 Å². The lowest BCUT2D eigenvalue weighted by molar-refractivity contribution is -0.698. The number of carbonyl (C=O) groups excluding carboxylic acids is 2. The molecule has 2 aromatic rings. The number of hydrogen-bond donors (Lipinski definition) is 1. The highest BCUT2D eigenvalue weighted by Crippen LogP contribution is 2.36. The molecule has 0 aliphatic carbocycles. The van der Waals surface area contributed by atoms with Gasteiger partial charge >= 0.3 is 17.1 Å². The Morgan fingerprint density at radius 1 is 1.02 bits per heavy atom. The van der Waals surface area contributed by atoms with Crippen LogP contribution in [-0.2, 0) is 42.5 Å². The van der Waals surface area contributed by atoms with Gasteiger partial charge in [-0.2, -0.15) is 31.3 Å². The molecule has 11 nitrogen and oxygen atoms in total. The van der Waals surface area contributed by atoms with Gasteiger partial charge in [0.2, 0.25) is 6.08 Å². The number of amides is 1. The molecule has 1 amide bonds. The Morgan fingerprint density at radius 2 is 1.65 bits per heavy atom. The first-order chi connectivity index (χ1) is 19.8. The molecule has 2 rings (SSSR count). The standard InChI is InChI=1S/C22H27N3O3.C2F6NO4S2/c1-3-4-5-6-8-19-9-7-12-25(16-19)13-14-28-22(27)24-20-11-10-18(2)21(15-20)23-17-26;3-1(4,5)14(10,11)9-15(12,13)2(6,7)8/h7,9-12,15-16H,3-6,8,13-14H2,1-2H3;/q;-1/p+1. The van der Waals surface area contributed by atoms with E-state index in [4.69, 9.17) is 4.74 Å². The molecular weight excluding hydrogens is 634 g/mol. The summed E-state index contributed by atoms with van der Waals surface area (Å²) < 4.78 is 116. The van der Waals surface area contributed by atoms with Crippen LogP contribution in [0.25, 0.3) is 4.13 Å². The van der Waals surface area contributed by atoms with Crippen molar-refractivity contribution < 1.29 is 62.1 Å². The van der Waals surface area contributed by atoms with Crippen molar-refractivity contribution in [2.75, 3.05) is 11.9 Å². The van der Waals surface area contributed by atoms with E-state index in [9.17, 15) is 52.8 Å². The minimum Gasteiger partial charge on any atom is -0.443 e. The fourth-order valence-electron chi connectivity index (χ4n) is 3.09. The fourth-order valence-corrected chi connectivity index (χ4v) is 4.80. The van der Waals surface area contributed by atoms with E-state index in [1.807, 2.05) is 23.8 Å². The van der Waals surface area contributed by atoms with Crippen LogP contribution >= 0.6 is 0 Å². The fraction of sp³-hybridized carbons (Fsp3) is 0.458. The van der Waals surface area contributed by atoms with Crippen LogP contribution in [0.5, 0.6) is 0 Å². The predicted octanol–water partition coefficient (Wildman–Crippen LogP) is 5.68. The number of pyridine rings is 1. The van der Waals surface area contributed by atoms with E-state index < -0.39 is 37.2 Å². The van der Waals surface area contributed by atoms with E-state index in [1.165, 1.54) is 37.3 Å². The summed E-state index contributed by atoms with van der Waals surface area (Å²) in [6.45, 7) is 4.89. The molecule has 19 heteroatoms. The van der Waals surface area contributed by atoms with Crippen molar-refractivity contribution in [2.45, 2.75) is 63.5 Å². The Kier molecular flexibility index (Phi) is 14.2. The Bertz CT molecular complexity index is 1450. The first-order valence-electron chi connectivity index (χ1n) is 12.3. The van der Waals surface area contributed by atoms with Crippen LogP contribution in [0.2, 0.25) is 0 Å². The van der Waals surface area contributed by atoms with Crippen molar-refractivity contribution in [1.29, 1.82) is 0 Å².